The van der Waals surface area contributed by atoms with Crippen molar-refractivity contribution in [1.82, 2.24) is 0 Å². The third-order valence-electron chi connectivity index (χ3n) is 1.99. The van der Waals surface area contributed by atoms with Crippen LogP contribution < -0.4 is 5.32 Å². The molecule has 0 fully saturated rings. The van der Waals surface area contributed by atoms with E-state index >= 15 is 0 Å². The van der Waals surface area contributed by atoms with E-state index in [0.717, 1.165) is 0 Å². The Morgan fingerprint density at radius 3 is 2.44 bits per heavy atom. The second kappa shape index (κ2) is 6.40. The normalized spacial score (nSPS) is 9.67. The number of nitrogens with one attached hydrogen (secondary N) is 1. The molecule has 5 heteroatoms. The first-order valence-electron chi connectivity index (χ1n) is 5.50. The molecule has 0 aliphatic rings. The number of nitriles is 1. The third kappa shape index (κ3) is 4.26. The van der Waals surface area contributed by atoms with E-state index in [2.05, 4.69) is 5.32 Å². The summed E-state index contributed by atoms with van der Waals surface area (Å²) in [7, 11) is 0. The lowest BCUT2D eigenvalue weighted by atomic mass is 10.2. The lowest BCUT2D eigenvalue weighted by molar-refractivity contribution is -0.115. The molecule has 1 amide bonds. The van der Waals surface area contributed by atoms with Gasteiger partial charge in [0.15, 0.2) is 0 Å². The molecule has 0 radical (unpaired) electrons. The van der Waals surface area contributed by atoms with Crippen molar-refractivity contribution in [1.29, 1.82) is 5.26 Å². The average Bonchev–Trinajstić information content (AvgIpc) is 2.29. The first-order chi connectivity index (χ1) is 8.52. The number of hydrogen-bond acceptors (Lipinski definition) is 4. The van der Waals surface area contributed by atoms with Crippen molar-refractivity contribution in [3.63, 3.8) is 0 Å². The summed E-state index contributed by atoms with van der Waals surface area (Å²) in [6.45, 7) is 3.54. The van der Waals surface area contributed by atoms with Crippen LogP contribution in [0.5, 0.6) is 0 Å². The van der Waals surface area contributed by atoms with Crippen LogP contribution in [0.1, 0.15) is 30.6 Å². The Morgan fingerprint density at radius 1 is 1.33 bits per heavy atom. The first-order valence-corrected chi connectivity index (χ1v) is 5.50. The van der Waals surface area contributed by atoms with Crippen molar-refractivity contribution >= 4 is 17.6 Å². The number of ether oxygens (including phenoxy) is 1. The maximum atomic E-state index is 11.5. The maximum absolute atomic E-state index is 11.5. The number of esters is 1. The van der Waals surface area contributed by atoms with Crippen molar-refractivity contribution in [3.8, 4) is 6.07 Å². The van der Waals surface area contributed by atoms with E-state index in [1.54, 1.807) is 44.2 Å². The quantitative estimate of drug-likeness (QED) is 0.825. The Morgan fingerprint density at radius 2 is 1.94 bits per heavy atom. The fourth-order valence-corrected chi connectivity index (χ4v) is 1.25. The van der Waals surface area contributed by atoms with Gasteiger partial charge in [0.05, 0.1) is 17.7 Å². The van der Waals surface area contributed by atoms with Gasteiger partial charge in [-0.05, 0) is 38.1 Å². The van der Waals surface area contributed by atoms with Crippen LogP contribution in [0.25, 0.3) is 0 Å². The van der Waals surface area contributed by atoms with E-state index < -0.39 is 5.97 Å². The summed E-state index contributed by atoms with van der Waals surface area (Å²) < 4.78 is 5.03. The molecule has 0 spiro atoms. The summed E-state index contributed by atoms with van der Waals surface area (Å²) in [5.74, 6) is -0.782. The van der Waals surface area contributed by atoms with Gasteiger partial charge in [-0.2, -0.15) is 5.26 Å². The highest BCUT2D eigenvalue weighted by atomic mass is 16.5. The average molecular weight is 246 g/mol. The van der Waals surface area contributed by atoms with Crippen molar-refractivity contribution < 1.29 is 14.3 Å². The molecule has 0 saturated heterocycles. The Labute approximate surface area is 105 Å². The van der Waals surface area contributed by atoms with E-state index in [1.807, 2.05) is 0 Å². The predicted octanol–water partition coefficient (Wildman–Crippen LogP) is 2.10. The van der Waals surface area contributed by atoms with E-state index in [9.17, 15) is 9.59 Å². The zero-order chi connectivity index (χ0) is 13.5. The van der Waals surface area contributed by atoms with Gasteiger partial charge in [0.1, 0.15) is 6.42 Å². The molecular weight excluding hydrogens is 232 g/mol. The number of anilines is 1. The largest absolute Gasteiger partial charge is 0.459 e. The number of rotatable bonds is 4. The molecular formula is C13H14N2O3. The van der Waals surface area contributed by atoms with Gasteiger partial charge >= 0.3 is 5.97 Å². The van der Waals surface area contributed by atoms with Crippen LogP contribution in [0.15, 0.2) is 24.3 Å². The van der Waals surface area contributed by atoms with Gasteiger partial charge in [-0.15, -0.1) is 0 Å². The molecule has 0 aliphatic carbocycles. The molecule has 1 rings (SSSR count). The summed E-state index contributed by atoms with van der Waals surface area (Å²) >= 11 is 0. The summed E-state index contributed by atoms with van der Waals surface area (Å²) in [4.78, 5) is 22.7. The lowest BCUT2D eigenvalue weighted by Gasteiger charge is -2.08. The first kappa shape index (κ1) is 13.7. The number of carbonyl (C=O) groups is 2. The Hall–Kier alpha value is -2.35. The number of carbonyl (C=O) groups excluding carboxylic acids is 2. The van der Waals surface area contributed by atoms with Gasteiger partial charge in [0.2, 0.25) is 5.91 Å². The van der Waals surface area contributed by atoms with Crippen molar-refractivity contribution in [2.45, 2.75) is 26.4 Å². The Kier molecular flexibility index (Phi) is 4.88. The zero-order valence-corrected chi connectivity index (χ0v) is 10.3. The number of benzene rings is 1. The molecule has 0 aromatic heterocycles. The van der Waals surface area contributed by atoms with Crippen LogP contribution in [0.4, 0.5) is 5.69 Å². The fraction of sp³-hybridized carbons (Fsp3) is 0.308. The predicted molar refractivity (Wildman–Crippen MR) is 65.9 cm³/mol. The second-order valence-electron chi connectivity index (χ2n) is 3.91. The van der Waals surface area contributed by atoms with Gasteiger partial charge in [-0.3, -0.25) is 4.79 Å². The minimum atomic E-state index is -0.403. The molecule has 0 atom stereocenters. The zero-order valence-electron chi connectivity index (χ0n) is 10.3. The third-order valence-corrected chi connectivity index (χ3v) is 1.99. The summed E-state index contributed by atoms with van der Waals surface area (Å²) in [5.41, 5.74) is 0.957. The molecule has 5 nitrogen and oxygen atoms in total. The van der Waals surface area contributed by atoms with Crippen molar-refractivity contribution in [2.75, 3.05) is 5.32 Å². The van der Waals surface area contributed by atoms with E-state index in [0.29, 0.717) is 11.3 Å². The van der Waals surface area contributed by atoms with E-state index in [1.165, 1.54) is 0 Å². The molecule has 18 heavy (non-hydrogen) atoms. The highest BCUT2D eigenvalue weighted by molar-refractivity contribution is 5.93. The minimum Gasteiger partial charge on any atom is -0.459 e. The van der Waals surface area contributed by atoms with Gasteiger partial charge in [0.25, 0.3) is 0 Å². The molecule has 0 heterocycles. The highest BCUT2D eigenvalue weighted by Gasteiger charge is 2.09. The second-order valence-corrected chi connectivity index (χ2v) is 3.91. The van der Waals surface area contributed by atoms with Gasteiger partial charge in [0, 0.05) is 5.69 Å². The van der Waals surface area contributed by atoms with Crippen LogP contribution in [-0.2, 0) is 9.53 Å². The van der Waals surface area contributed by atoms with Crippen molar-refractivity contribution in [2.24, 2.45) is 0 Å². The smallest absolute Gasteiger partial charge is 0.338 e. The Balaban J connectivity index is 2.66. The highest BCUT2D eigenvalue weighted by Crippen LogP contribution is 2.11. The van der Waals surface area contributed by atoms with Gasteiger partial charge < -0.3 is 10.1 Å². The monoisotopic (exact) mass is 246 g/mol. The lowest BCUT2D eigenvalue weighted by Crippen LogP contribution is -2.12. The van der Waals surface area contributed by atoms with E-state index in [4.69, 9.17) is 10.00 Å². The molecule has 94 valence electrons. The summed E-state index contributed by atoms with van der Waals surface area (Å²) in [6, 6.07) is 8.06. The van der Waals surface area contributed by atoms with Crippen LogP contribution in [0.3, 0.4) is 0 Å². The fourth-order valence-electron chi connectivity index (χ4n) is 1.25. The molecule has 0 saturated carbocycles. The summed E-state index contributed by atoms with van der Waals surface area (Å²) in [5, 5.41) is 10.9. The molecule has 0 bridgehead atoms. The molecule has 1 N–H and O–H groups in total. The van der Waals surface area contributed by atoms with Gasteiger partial charge in [-0.1, -0.05) is 0 Å². The molecule has 1 aromatic rings. The number of amides is 1. The topological polar surface area (TPSA) is 79.2 Å². The number of hydrogen-bond donors (Lipinski definition) is 1. The number of nitrogens with zero attached hydrogens (tertiary/aromatic N) is 1. The molecule has 0 unspecified atom stereocenters. The van der Waals surface area contributed by atoms with Crippen LogP contribution >= 0.6 is 0 Å². The van der Waals surface area contributed by atoms with Crippen molar-refractivity contribution in [3.05, 3.63) is 29.8 Å². The van der Waals surface area contributed by atoms with Crippen LogP contribution in [0, 0.1) is 11.3 Å². The SMILES string of the molecule is CC(C)OC(=O)c1ccc(NC(=O)CC#N)cc1. The molecule has 0 aliphatic heterocycles. The summed E-state index contributed by atoms with van der Waals surface area (Å²) in [6.07, 6.45) is -0.371. The van der Waals surface area contributed by atoms with E-state index in [-0.39, 0.29) is 18.4 Å². The maximum Gasteiger partial charge on any atom is 0.338 e. The van der Waals surface area contributed by atoms with Gasteiger partial charge in [-0.25, -0.2) is 4.79 Å². The standard InChI is InChI=1S/C13H14N2O3/c1-9(2)18-13(17)10-3-5-11(6-4-10)15-12(16)7-8-14/h3-6,9H,7H2,1-2H3,(H,15,16). The van der Waals surface area contributed by atoms with Crippen LogP contribution in [0.2, 0.25) is 0 Å². The Bertz CT molecular complexity index is 472. The van der Waals surface area contributed by atoms with Crippen LogP contribution in [-0.4, -0.2) is 18.0 Å². The minimum absolute atomic E-state index is 0.174. The molecule has 1 aromatic carbocycles.